The Hall–Kier alpha value is -1.62. The summed E-state index contributed by atoms with van der Waals surface area (Å²) in [6.45, 7) is 1.82. The van der Waals surface area contributed by atoms with Gasteiger partial charge in [-0.1, -0.05) is 6.07 Å². The first-order valence-electron chi connectivity index (χ1n) is 6.99. The van der Waals surface area contributed by atoms with Gasteiger partial charge in [-0.2, -0.15) is 0 Å². The van der Waals surface area contributed by atoms with Crippen molar-refractivity contribution in [1.82, 2.24) is 4.31 Å². The van der Waals surface area contributed by atoms with Crippen molar-refractivity contribution in [2.24, 2.45) is 0 Å². The number of benzene rings is 2. The van der Waals surface area contributed by atoms with Gasteiger partial charge in [0.15, 0.2) is 0 Å². The monoisotopic (exact) mass is 448 g/mol. The van der Waals surface area contributed by atoms with Crippen LogP contribution in [0, 0.1) is 6.92 Å². The smallest absolute Gasteiger partial charge is 0.263 e. The number of anilines is 1. The van der Waals surface area contributed by atoms with Crippen LogP contribution in [0.4, 0.5) is 5.69 Å². The van der Waals surface area contributed by atoms with E-state index in [1.807, 2.05) is 6.92 Å². The number of phenols is 1. The second kappa shape index (κ2) is 6.94. The summed E-state index contributed by atoms with van der Waals surface area (Å²) in [5, 5.41) is 9.92. The number of nitrogens with zero attached hydrogens (tertiary/aromatic N) is 1. The lowest BCUT2D eigenvalue weighted by Gasteiger charge is -2.15. The molecule has 0 saturated heterocycles. The van der Waals surface area contributed by atoms with Crippen LogP contribution in [0.25, 0.3) is 0 Å². The van der Waals surface area contributed by atoms with Crippen LogP contribution >= 0.6 is 15.9 Å². The molecule has 2 aromatic rings. The zero-order chi connectivity index (χ0) is 19.0. The third-order valence-electron chi connectivity index (χ3n) is 3.37. The van der Waals surface area contributed by atoms with Gasteiger partial charge in [0.25, 0.3) is 10.0 Å². The number of aromatic hydroxyl groups is 1. The first kappa shape index (κ1) is 19.7. The topological polar surface area (TPSA) is 104 Å². The summed E-state index contributed by atoms with van der Waals surface area (Å²) in [4.78, 5) is -0.172. The highest BCUT2D eigenvalue weighted by atomic mass is 79.9. The lowest BCUT2D eigenvalue weighted by molar-refractivity contribution is 0.477. The molecule has 10 heteroatoms. The van der Waals surface area contributed by atoms with Gasteiger partial charge in [0.05, 0.1) is 10.6 Å². The van der Waals surface area contributed by atoms with Crippen molar-refractivity contribution in [1.29, 1.82) is 0 Å². The minimum absolute atomic E-state index is 0.0293. The van der Waals surface area contributed by atoms with Crippen molar-refractivity contribution >= 4 is 41.7 Å². The summed E-state index contributed by atoms with van der Waals surface area (Å²) in [5.41, 5.74) is 0.642. The van der Waals surface area contributed by atoms with E-state index in [0.717, 1.165) is 22.0 Å². The normalized spacial score (nSPS) is 12.4. The van der Waals surface area contributed by atoms with Crippen LogP contribution in [0.15, 0.2) is 50.7 Å². The fourth-order valence-electron chi connectivity index (χ4n) is 1.99. The second-order valence-electron chi connectivity index (χ2n) is 5.51. The Bertz CT molecular complexity index is 1020. The molecule has 2 rings (SSSR count). The third kappa shape index (κ3) is 4.14. The highest BCUT2D eigenvalue weighted by molar-refractivity contribution is 9.10. The van der Waals surface area contributed by atoms with Crippen LogP contribution in [0.3, 0.4) is 0 Å². The zero-order valence-electron chi connectivity index (χ0n) is 13.7. The van der Waals surface area contributed by atoms with E-state index in [4.69, 9.17) is 0 Å². The number of hydrogen-bond acceptors (Lipinski definition) is 5. The number of nitrogens with one attached hydrogen (secondary N) is 1. The van der Waals surface area contributed by atoms with Gasteiger partial charge in [0, 0.05) is 18.6 Å². The Morgan fingerprint density at radius 3 is 2.24 bits per heavy atom. The van der Waals surface area contributed by atoms with E-state index in [-0.39, 0.29) is 21.2 Å². The molecule has 0 saturated carbocycles. The molecule has 25 heavy (non-hydrogen) atoms. The van der Waals surface area contributed by atoms with E-state index < -0.39 is 20.0 Å². The maximum Gasteiger partial charge on any atom is 0.263 e. The van der Waals surface area contributed by atoms with Gasteiger partial charge in [-0.15, -0.1) is 0 Å². The molecule has 0 atom stereocenters. The van der Waals surface area contributed by atoms with Crippen LogP contribution in [-0.2, 0) is 20.0 Å². The minimum Gasteiger partial charge on any atom is -0.506 e. The maximum atomic E-state index is 12.6. The Morgan fingerprint density at radius 2 is 1.68 bits per heavy atom. The van der Waals surface area contributed by atoms with Crippen LogP contribution < -0.4 is 4.72 Å². The summed E-state index contributed by atoms with van der Waals surface area (Å²) in [5.74, 6) is -0.385. The Kier molecular flexibility index (Phi) is 5.47. The van der Waals surface area contributed by atoms with Crippen molar-refractivity contribution in [3.8, 4) is 5.75 Å². The number of hydrogen-bond donors (Lipinski definition) is 2. The molecule has 2 aromatic carbocycles. The van der Waals surface area contributed by atoms with E-state index in [0.29, 0.717) is 4.47 Å². The van der Waals surface area contributed by atoms with E-state index >= 15 is 0 Å². The molecule has 0 aliphatic heterocycles. The van der Waals surface area contributed by atoms with Crippen molar-refractivity contribution in [3.05, 3.63) is 46.4 Å². The Balaban J connectivity index is 2.49. The predicted molar refractivity (Wildman–Crippen MR) is 98.7 cm³/mol. The van der Waals surface area contributed by atoms with Crippen LogP contribution in [0.2, 0.25) is 0 Å². The molecule has 0 spiro atoms. The largest absolute Gasteiger partial charge is 0.506 e. The SMILES string of the molecule is Cc1ccc(S(=O)(=O)Nc2cc(S(=O)(=O)N(C)C)ccc2O)c(Br)c1. The fourth-order valence-corrected chi connectivity index (χ4v) is 5.18. The summed E-state index contributed by atoms with van der Waals surface area (Å²) >= 11 is 3.20. The number of rotatable bonds is 5. The van der Waals surface area contributed by atoms with Gasteiger partial charge >= 0.3 is 0 Å². The van der Waals surface area contributed by atoms with Crippen LogP contribution in [0.1, 0.15) is 5.56 Å². The minimum atomic E-state index is -4.03. The molecule has 0 amide bonds. The van der Waals surface area contributed by atoms with Gasteiger partial charge in [-0.25, -0.2) is 21.1 Å². The molecule has 0 aliphatic rings. The van der Waals surface area contributed by atoms with E-state index in [1.54, 1.807) is 12.1 Å². The number of sulfonamides is 2. The fraction of sp³-hybridized carbons (Fsp3) is 0.200. The molecule has 0 aliphatic carbocycles. The molecular weight excluding hydrogens is 432 g/mol. The first-order chi connectivity index (χ1) is 11.4. The lowest BCUT2D eigenvalue weighted by atomic mass is 10.2. The first-order valence-corrected chi connectivity index (χ1v) is 10.7. The number of halogens is 1. The zero-order valence-corrected chi connectivity index (χ0v) is 16.9. The van der Waals surface area contributed by atoms with E-state index in [2.05, 4.69) is 20.7 Å². The van der Waals surface area contributed by atoms with Gasteiger partial charge in [-0.05, 0) is 58.7 Å². The van der Waals surface area contributed by atoms with Crippen molar-refractivity contribution in [2.45, 2.75) is 16.7 Å². The molecular formula is C15H17BrN2O5S2. The van der Waals surface area contributed by atoms with Gasteiger partial charge in [0.2, 0.25) is 10.0 Å². The van der Waals surface area contributed by atoms with Gasteiger partial charge in [0.1, 0.15) is 10.6 Å². The van der Waals surface area contributed by atoms with Crippen LogP contribution in [0.5, 0.6) is 5.75 Å². The van der Waals surface area contributed by atoms with Crippen molar-refractivity contribution in [3.63, 3.8) is 0 Å². The quantitative estimate of drug-likeness (QED) is 0.683. The summed E-state index contributed by atoms with van der Waals surface area (Å²) in [6, 6.07) is 8.08. The summed E-state index contributed by atoms with van der Waals surface area (Å²) in [7, 11) is -5.09. The second-order valence-corrected chi connectivity index (χ2v) is 10.2. The summed E-state index contributed by atoms with van der Waals surface area (Å²) in [6.07, 6.45) is 0. The van der Waals surface area contributed by atoms with E-state index in [1.165, 1.54) is 26.2 Å². The molecule has 7 nitrogen and oxygen atoms in total. The van der Waals surface area contributed by atoms with Crippen molar-refractivity contribution in [2.75, 3.05) is 18.8 Å². The molecule has 136 valence electrons. The number of aryl methyl sites for hydroxylation is 1. The third-order valence-corrected chi connectivity index (χ3v) is 7.52. The molecule has 0 fully saturated rings. The highest BCUT2D eigenvalue weighted by Crippen LogP contribution is 2.31. The maximum absolute atomic E-state index is 12.6. The molecule has 0 bridgehead atoms. The van der Waals surface area contributed by atoms with E-state index in [9.17, 15) is 21.9 Å². The Labute approximate surface area is 155 Å². The lowest BCUT2D eigenvalue weighted by Crippen LogP contribution is -2.22. The molecule has 0 heterocycles. The molecule has 0 unspecified atom stereocenters. The molecule has 2 N–H and O–H groups in total. The number of phenolic OH excluding ortho intramolecular Hbond substituents is 1. The molecule has 0 radical (unpaired) electrons. The predicted octanol–water partition coefficient (Wildman–Crippen LogP) is 2.51. The van der Waals surface area contributed by atoms with Crippen LogP contribution in [-0.4, -0.2) is 40.3 Å². The summed E-state index contributed by atoms with van der Waals surface area (Å²) < 4.78 is 53.1. The standard InChI is InChI=1S/C15H17BrN2O5S2/c1-10-4-7-15(12(16)8-10)24(20,21)17-13-9-11(5-6-14(13)19)25(22,23)18(2)3/h4-9,17,19H,1-3H3. The Morgan fingerprint density at radius 1 is 1.04 bits per heavy atom. The van der Waals surface area contributed by atoms with Gasteiger partial charge < -0.3 is 5.11 Å². The average molecular weight is 449 g/mol. The van der Waals surface area contributed by atoms with Crippen molar-refractivity contribution < 1.29 is 21.9 Å². The average Bonchev–Trinajstić information content (AvgIpc) is 2.48. The van der Waals surface area contributed by atoms with Gasteiger partial charge in [-0.3, -0.25) is 4.72 Å². The molecule has 0 aromatic heterocycles. The highest BCUT2D eigenvalue weighted by Gasteiger charge is 2.22.